The Morgan fingerprint density at radius 1 is 1.26 bits per heavy atom. The van der Waals surface area contributed by atoms with Crippen molar-refractivity contribution >= 4 is 0 Å². The lowest BCUT2D eigenvalue weighted by Crippen LogP contribution is -2.27. The Morgan fingerprint density at radius 2 is 1.95 bits per heavy atom. The summed E-state index contributed by atoms with van der Waals surface area (Å²) in [7, 11) is 3.94. The van der Waals surface area contributed by atoms with Crippen LogP contribution in [-0.4, -0.2) is 47.9 Å². The van der Waals surface area contributed by atoms with E-state index < -0.39 is 0 Å². The first-order chi connectivity index (χ1) is 8.90. The number of hydrogen-bond acceptors (Lipinski definition) is 6. The van der Waals surface area contributed by atoms with Crippen LogP contribution in [0.3, 0.4) is 0 Å². The Kier molecular flexibility index (Phi) is 4.23. The van der Waals surface area contributed by atoms with Gasteiger partial charge in [-0.3, -0.25) is 0 Å². The first-order valence-corrected chi connectivity index (χ1v) is 6.79. The zero-order valence-electron chi connectivity index (χ0n) is 12.3. The van der Waals surface area contributed by atoms with Crippen molar-refractivity contribution < 1.29 is 9.26 Å². The van der Waals surface area contributed by atoms with Gasteiger partial charge in [0.2, 0.25) is 5.89 Å². The summed E-state index contributed by atoms with van der Waals surface area (Å²) in [5.74, 6) is 1.74. The normalized spacial score (nSPS) is 33.0. The van der Waals surface area contributed by atoms with Crippen LogP contribution in [0.1, 0.15) is 44.4 Å². The molecule has 2 heterocycles. The van der Waals surface area contributed by atoms with E-state index in [9.17, 15) is 0 Å². The maximum Gasteiger partial charge on any atom is 0.232 e. The Hall–Kier alpha value is -0.980. The predicted molar refractivity (Wildman–Crippen MR) is 71.7 cm³/mol. The van der Waals surface area contributed by atoms with Crippen LogP contribution < -0.4 is 5.73 Å². The average molecular weight is 268 g/mol. The molecule has 1 aromatic heterocycles. The zero-order valence-corrected chi connectivity index (χ0v) is 12.3. The monoisotopic (exact) mass is 268 g/mol. The molecule has 1 saturated heterocycles. The third-order valence-corrected chi connectivity index (χ3v) is 3.88. The van der Waals surface area contributed by atoms with Gasteiger partial charge in [-0.05, 0) is 33.9 Å². The summed E-state index contributed by atoms with van der Waals surface area (Å²) in [6.07, 6.45) is 0.314. The minimum Gasteiger partial charge on any atom is -0.374 e. The van der Waals surface area contributed by atoms with Crippen LogP contribution in [0.4, 0.5) is 0 Å². The number of hydrogen-bond donors (Lipinski definition) is 1. The van der Waals surface area contributed by atoms with E-state index in [1.807, 2.05) is 25.9 Å². The topological polar surface area (TPSA) is 77.4 Å². The molecule has 1 fully saturated rings. The van der Waals surface area contributed by atoms with E-state index in [0.29, 0.717) is 24.2 Å². The van der Waals surface area contributed by atoms with Crippen molar-refractivity contribution in [2.45, 2.75) is 44.9 Å². The molecule has 0 bridgehead atoms. The largest absolute Gasteiger partial charge is 0.374 e. The molecular formula is C13H24N4O2. The molecule has 5 atom stereocenters. The van der Waals surface area contributed by atoms with Crippen molar-refractivity contribution in [1.82, 2.24) is 15.0 Å². The molecular weight excluding hydrogens is 244 g/mol. The number of likely N-dealkylation sites (N-methyl/N-ethyl adjacent to an activating group) is 1. The van der Waals surface area contributed by atoms with Gasteiger partial charge in [0.25, 0.3) is 0 Å². The van der Waals surface area contributed by atoms with Crippen LogP contribution in [0.5, 0.6) is 0 Å². The number of nitrogens with two attached hydrogens (primary N) is 1. The fourth-order valence-electron chi connectivity index (χ4n) is 2.70. The molecule has 2 rings (SSSR count). The standard InChI is InChI=1S/C13H24N4O2/c1-7-8(2)18-9(3)11(7)13-15-12(16-19-13)10(14)6-17(4)5/h7-11H,6,14H2,1-5H3. The van der Waals surface area contributed by atoms with Crippen LogP contribution >= 0.6 is 0 Å². The number of rotatable bonds is 4. The maximum absolute atomic E-state index is 6.05. The zero-order chi connectivity index (χ0) is 14.2. The molecule has 0 amide bonds. The summed E-state index contributed by atoms with van der Waals surface area (Å²) in [5.41, 5.74) is 6.05. The van der Waals surface area contributed by atoms with Gasteiger partial charge in [-0.1, -0.05) is 12.1 Å². The molecule has 2 N–H and O–H groups in total. The summed E-state index contributed by atoms with van der Waals surface area (Å²) in [4.78, 5) is 6.48. The Balaban J connectivity index is 2.12. The fraction of sp³-hybridized carbons (Fsp3) is 0.846. The first kappa shape index (κ1) is 14.4. The highest BCUT2D eigenvalue weighted by Crippen LogP contribution is 2.39. The molecule has 0 saturated carbocycles. The lowest BCUT2D eigenvalue weighted by molar-refractivity contribution is 0.0542. The Bertz CT molecular complexity index is 421. The smallest absolute Gasteiger partial charge is 0.232 e. The van der Waals surface area contributed by atoms with E-state index in [1.54, 1.807) is 0 Å². The van der Waals surface area contributed by atoms with Gasteiger partial charge in [0, 0.05) is 6.54 Å². The van der Waals surface area contributed by atoms with Gasteiger partial charge >= 0.3 is 0 Å². The molecule has 0 radical (unpaired) electrons. The van der Waals surface area contributed by atoms with Crippen molar-refractivity contribution in [3.05, 3.63) is 11.7 Å². The maximum atomic E-state index is 6.05. The Labute approximate surface area is 114 Å². The molecule has 6 heteroatoms. The molecule has 5 unspecified atom stereocenters. The van der Waals surface area contributed by atoms with E-state index in [2.05, 4.69) is 24.0 Å². The molecule has 19 heavy (non-hydrogen) atoms. The first-order valence-electron chi connectivity index (χ1n) is 6.79. The second-order valence-electron chi connectivity index (χ2n) is 5.79. The highest BCUT2D eigenvalue weighted by atomic mass is 16.5. The van der Waals surface area contributed by atoms with E-state index in [0.717, 1.165) is 0 Å². The van der Waals surface area contributed by atoms with Crippen LogP contribution in [0.25, 0.3) is 0 Å². The summed E-state index contributed by atoms with van der Waals surface area (Å²) in [5, 5.41) is 4.01. The van der Waals surface area contributed by atoms with Crippen molar-refractivity contribution in [3.8, 4) is 0 Å². The van der Waals surface area contributed by atoms with Crippen LogP contribution in [0.2, 0.25) is 0 Å². The highest BCUT2D eigenvalue weighted by molar-refractivity contribution is 5.05. The van der Waals surface area contributed by atoms with Crippen molar-refractivity contribution in [2.75, 3.05) is 20.6 Å². The molecule has 108 valence electrons. The van der Waals surface area contributed by atoms with Gasteiger partial charge in [-0.2, -0.15) is 4.98 Å². The van der Waals surface area contributed by atoms with Gasteiger partial charge in [-0.25, -0.2) is 0 Å². The fourth-order valence-corrected chi connectivity index (χ4v) is 2.70. The van der Waals surface area contributed by atoms with Crippen LogP contribution in [0.15, 0.2) is 4.52 Å². The minimum atomic E-state index is -0.224. The van der Waals surface area contributed by atoms with Crippen LogP contribution in [-0.2, 0) is 4.74 Å². The highest BCUT2D eigenvalue weighted by Gasteiger charge is 2.41. The molecule has 1 aromatic rings. The van der Waals surface area contributed by atoms with E-state index in [1.165, 1.54) is 0 Å². The summed E-state index contributed by atoms with van der Waals surface area (Å²) in [6, 6.07) is -0.224. The Morgan fingerprint density at radius 3 is 2.47 bits per heavy atom. The number of aromatic nitrogens is 2. The quantitative estimate of drug-likeness (QED) is 0.883. The molecule has 6 nitrogen and oxygen atoms in total. The van der Waals surface area contributed by atoms with Gasteiger partial charge in [0.15, 0.2) is 5.82 Å². The second kappa shape index (κ2) is 5.56. The lowest BCUT2D eigenvalue weighted by atomic mass is 9.89. The van der Waals surface area contributed by atoms with E-state index in [4.69, 9.17) is 15.0 Å². The van der Waals surface area contributed by atoms with E-state index in [-0.39, 0.29) is 24.2 Å². The SMILES string of the molecule is CC1OC(C)C(c2nc(C(N)CN(C)C)no2)C1C. The van der Waals surface area contributed by atoms with Gasteiger partial charge in [-0.15, -0.1) is 0 Å². The minimum absolute atomic E-state index is 0.100. The number of ether oxygens (including phenoxy) is 1. The third kappa shape index (κ3) is 2.96. The summed E-state index contributed by atoms with van der Waals surface area (Å²) >= 11 is 0. The molecule has 1 aliphatic heterocycles. The average Bonchev–Trinajstić information content (AvgIpc) is 2.85. The second-order valence-corrected chi connectivity index (χ2v) is 5.79. The molecule has 0 spiro atoms. The van der Waals surface area contributed by atoms with E-state index >= 15 is 0 Å². The summed E-state index contributed by atoms with van der Waals surface area (Å²) in [6.45, 7) is 6.98. The molecule has 1 aliphatic rings. The van der Waals surface area contributed by atoms with Crippen molar-refractivity contribution in [1.29, 1.82) is 0 Å². The lowest BCUT2D eigenvalue weighted by Gasteiger charge is -2.14. The van der Waals surface area contributed by atoms with Gasteiger partial charge in [0.1, 0.15) is 0 Å². The third-order valence-electron chi connectivity index (χ3n) is 3.88. The summed E-state index contributed by atoms with van der Waals surface area (Å²) < 4.78 is 11.2. The molecule has 0 aliphatic carbocycles. The van der Waals surface area contributed by atoms with Gasteiger partial charge in [0.05, 0.1) is 24.2 Å². The van der Waals surface area contributed by atoms with Crippen molar-refractivity contribution in [2.24, 2.45) is 11.7 Å². The van der Waals surface area contributed by atoms with Crippen LogP contribution in [0, 0.1) is 5.92 Å². The van der Waals surface area contributed by atoms with Gasteiger partial charge < -0.3 is 19.9 Å². The van der Waals surface area contributed by atoms with Crippen molar-refractivity contribution in [3.63, 3.8) is 0 Å². The number of nitrogens with zero attached hydrogens (tertiary/aromatic N) is 3. The predicted octanol–water partition coefficient (Wildman–Crippen LogP) is 1.16. The molecule has 0 aromatic carbocycles.